The second kappa shape index (κ2) is 12.1. The molecule has 1 rings (SSSR count). The molecule has 4 N–H and O–H groups in total. The summed E-state index contributed by atoms with van der Waals surface area (Å²) in [6.45, 7) is 9.67. The predicted molar refractivity (Wildman–Crippen MR) is 111 cm³/mol. The van der Waals surface area contributed by atoms with E-state index in [-0.39, 0.29) is 0 Å². The minimum absolute atomic E-state index is 0.452. The first-order valence-electron chi connectivity index (χ1n) is 9.59. The summed E-state index contributed by atoms with van der Waals surface area (Å²) < 4.78 is -0.566. The molecule has 0 saturated carbocycles. The summed E-state index contributed by atoms with van der Waals surface area (Å²) in [5.41, 5.74) is 10.9. The van der Waals surface area contributed by atoms with Crippen LogP contribution in [0, 0.1) is 5.92 Å². The van der Waals surface area contributed by atoms with E-state index in [1.807, 2.05) is 27.5 Å². The number of alkyl halides is 1. The number of hydrogen-bond donors (Lipinski definition) is 2. The molecule has 1 saturated heterocycles. The molecule has 7 heteroatoms. The molecule has 0 aromatic carbocycles. The van der Waals surface area contributed by atoms with Crippen LogP contribution in [-0.4, -0.2) is 64.3 Å². The number of piperidine rings is 1. The smallest absolute Gasteiger partial charge is 0.236 e. The quantitative estimate of drug-likeness (QED) is 0.339. The average molecular weight is 466 g/mol. The average Bonchev–Trinajstić information content (AvgIpc) is 2.56. The van der Waals surface area contributed by atoms with E-state index >= 15 is 0 Å². The molecule has 0 aromatic heterocycles. The van der Waals surface area contributed by atoms with E-state index in [0.717, 1.165) is 25.9 Å². The zero-order valence-corrected chi connectivity index (χ0v) is 17.9. The van der Waals surface area contributed by atoms with Crippen LogP contribution in [0.25, 0.3) is 0 Å². The highest BCUT2D eigenvalue weighted by molar-refractivity contribution is 14.1. The van der Waals surface area contributed by atoms with Crippen LogP contribution in [0.1, 0.15) is 52.4 Å². The molecule has 146 valence electrons. The number of nitrogens with zero attached hydrogens (tertiary/aromatic N) is 2. The van der Waals surface area contributed by atoms with E-state index in [4.69, 9.17) is 11.5 Å². The Hall–Kier alpha value is -0.410. The maximum atomic E-state index is 11.8. The Labute approximate surface area is 166 Å². The maximum Gasteiger partial charge on any atom is 0.236 e. The van der Waals surface area contributed by atoms with E-state index in [9.17, 15) is 9.59 Å². The van der Waals surface area contributed by atoms with Crippen molar-refractivity contribution in [2.24, 2.45) is 17.4 Å². The predicted octanol–water partition coefficient (Wildman–Crippen LogP) is 1.74. The summed E-state index contributed by atoms with van der Waals surface area (Å²) in [4.78, 5) is 27.8. The van der Waals surface area contributed by atoms with Crippen molar-refractivity contribution in [3.8, 4) is 0 Å². The van der Waals surface area contributed by atoms with Crippen molar-refractivity contribution in [2.45, 2.75) is 62.3 Å². The Balaban J connectivity index is 2.39. The third-order valence-corrected chi connectivity index (χ3v) is 6.34. The van der Waals surface area contributed by atoms with Crippen molar-refractivity contribution < 1.29 is 9.59 Å². The van der Waals surface area contributed by atoms with Gasteiger partial charge in [0, 0.05) is 0 Å². The third-order valence-electron chi connectivity index (χ3n) is 5.05. The minimum Gasteiger partial charge on any atom is -0.369 e. The summed E-state index contributed by atoms with van der Waals surface area (Å²) in [7, 11) is 0. The van der Waals surface area contributed by atoms with Gasteiger partial charge in [-0.2, -0.15) is 0 Å². The van der Waals surface area contributed by atoms with Gasteiger partial charge in [-0.1, -0.05) is 36.4 Å². The fourth-order valence-corrected chi connectivity index (χ4v) is 4.57. The van der Waals surface area contributed by atoms with Gasteiger partial charge in [0.15, 0.2) is 0 Å². The lowest BCUT2D eigenvalue weighted by molar-refractivity contribution is -0.128. The van der Waals surface area contributed by atoms with Gasteiger partial charge in [-0.3, -0.25) is 14.5 Å². The second-order valence-corrected chi connectivity index (χ2v) is 8.46. The molecule has 0 spiro atoms. The van der Waals surface area contributed by atoms with E-state index in [1.165, 1.54) is 45.3 Å². The summed E-state index contributed by atoms with van der Waals surface area (Å²) in [5, 5.41) is 0. The van der Waals surface area contributed by atoms with Gasteiger partial charge < -0.3 is 16.4 Å². The normalized spacial score (nSPS) is 19.0. The molecule has 6 nitrogen and oxygen atoms in total. The first-order valence-corrected chi connectivity index (χ1v) is 10.8. The molecule has 0 aromatic rings. The molecule has 2 amide bonds. The molecule has 25 heavy (non-hydrogen) atoms. The standard InChI is InChI=1S/C18H35IN4O2/c1-3-9-22(10-4-2)11-5-6-14-7-12-23(13-8-14)16(18(21)25)15(19)17(20)24/h14-16H,3-13H2,1-2H3,(H2,20,24)(H2,21,25). The molecule has 0 bridgehead atoms. The molecule has 1 aliphatic rings. The highest BCUT2D eigenvalue weighted by Crippen LogP contribution is 2.25. The lowest BCUT2D eigenvalue weighted by atomic mass is 9.91. The molecule has 2 unspecified atom stereocenters. The van der Waals surface area contributed by atoms with E-state index < -0.39 is 21.8 Å². The maximum absolute atomic E-state index is 11.8. The number of nitrogens with two attached hydrogens (primary N) is 2. The van der Waals surface area contributed by atoms with Gasteiger partial charge in [-0.25, -0.2) is 0 Å². The summed E-state index contributed by atoms with van der Waals surface area (Å²) >= 11 is 1.94. The van der Waals surface area contributed by atoms with Crippen LogP contribution >= 0.6 is 22.6 Å². The Morgan fingerprint density at radius 1 is 1.08 bits per heavy atom. The van der Waals surface area contributed by atoms with Crippen molar-refractivity contribution in [2.75, 3.05) is 32.7 Å². The van der Waals surface area contributed by atoms with Gasteiger partial charge in [-0.05, 0) is 77.2 Å². The Morgan fingerprint density at radius 2 is 1.64 bits per heavy atom. The van der Waals surface area contributed by atoms with Crippen LogP contribution in [0.15, 0.2) is 0 Å². The number of amides is 2. The van der Waals surface area contributed by atoms with Gasteiger partial charge in [0.25, 0.3) is 0 Å². The van der Waals surface area contributed by atoms with E-state index in [1.54, 1.807) is 0 Å². The highest BCUT2D eigenvalue weighted by Gasteiger charge is 2.35. The molecule has 1 heterocycles. The molecular weight excluding hydrogens is 431 g/mol. The summed E-state index contributed by atoms with van der Waals surface area (Å²) in [6.07, 6.45) is 7.03. The topological polar surface area (TPSA) is 92.7 Å². The largest absolute Gasteiger partial charge is 0.369 e. The minimum atomic E-state index is -0.580. The van der Waals surface area contributed by atoms with Crippen molar-refractivity contribution in [1.29, 1.82) is 0 Å². The highest BCUT2D eigenvalue weighted by atomic mass is 127. The van der Waals surface area contributed by atoms with Crippen molar-refractivity contribution in [3.63, 3.8) is 0 Å². The van der Waals surface area contributed by atoms with Gasteiger partial charge in [-0.15, -0.1) is 0 Å². The zero-order chi connectivity index (χ0) is 18.8. The van der Waals surface area contributed by atoms with Crippen molar-refractivity contribution in [3.05, 3.63) is 0 Å². The van der Waals surface area contributed by atoms with Crippen LogP contribution in [0.5, 0.6) is 0 Å². The third kappa shape index (κ3) is 7.78. The Kier molecular flexibility index (Phi) is 10.9. The molecular formula is C18H35IN4O2. The lowest BCUT2D eigenvalue weighted by Crippen LogP contribution is -2.55. The molecule has 0 aliphatic carbocycles. The number of carbonyl (C=O) groups is 2. The number of hydrogen-bond acceptors (Lipinski definition) is 4. The summed E-state index contributed by atoms with van der Waals surface area (Å²) in [5.74, 6) is -0.221. The van der Waals surface area contributed by atoms with Gasteiger partial charge in [0.2, 0.25) is 11.8 Å². The van der Waals surface area contributed by atoms with Crippen LogP contribution in [-0.2, 0) is 9.59 Å². The molecule has 0 radical (unpaired) electrons. The zero-order valence-electron chi connectivity index (χ0n) is 15.8. The van der Waals surface area contributed by atoms with Crippen molar-refractivity contribution >= 4 is 34.4 Å². The lowest BCUT2D eigenvalue weighted by Gasteiger charge is -2.37. The van der Waals surface area contributed by atoms with Crippen LogP contribution in [0.2, 0.25) is 0 Å². The van der Waals surface area contributed by atoms with Crippen molar-refractivity contribution in [1.82, 2.24) is 9.80 Å². The fourth-order valence-electron chi connectivity index (χ4n) is 3.76. The summed E-state index contributed by atoms with van der Waals surface area (Å²) in [6, 6.07) is -0.580. The fraction of sp³-hybridized carbons (Fsp3) is 0.889. The Morgan fingerprint density at radius 3 is 2.08 bits per heavy atom. The van der Waals surface area contributed by atoms with E-state index in [2.05, 4.69) is 18.7 Å². The number of primary amides is 2. The second-order valence-electron chi connectivity index (χ2n) is 7.11. The first-order chi connectivity index (χ1) is 11.9. The van der Waals surface area contributed by atoms with Crippen LogP contribution in [0.3, 0.4) is 0 Å². The monoisotopic (exact) mass is 466 g/mol. The number of halogens is 1. The Bertz CT molecular complexity index is 408. The number of rotatable bonds is 12. The van der Waals surface area contributed by atoms with Crippen LogP contribution in [0.4, 0.5) is 0 Å². The van der Waals surface area contributed by atoms with Gasteiger partial charge in [0.1, 0.15) is 9.97 Å². The number of carbonyl (C=O) groups excluding carboxylic acids is 2. The van der Waals surface area contributed by atoms with Gasteiger partial charge in [0.05, 0.1) is 0 Å². The SMILES string of the molecule is CCCN(CCC)CCCC1CCN(C(C(N)=O)C(I)C(N)=O)CC1. The molecule has 1 fully saturated rings. The van der Waals surface area contributed by atoms with Gasteiger partial charge >= 0.3 is 0 Å². The first kappa shape index (κ1) is 22.6. The molecule has 1 aliphatic heterocycles. The van der Waals surface area contributed by atoms with Crippen LogP contribution < -0.4 is 11.5 Å². The number of likely N-dealkylation sites (tertiary alicyclic amines) is 1. The molecule has 2 atom stereocenters. The van der Waals surface area contributed by atoms with E-state index in [0.29, 0.717) is 5.92 Å².